The summed E-state index contributed by atoms with van der Waals surface area (Å²) in [6.45, 7) is 0.00161. The molecule has 0 atom stereocenters. The molecule has 3 N–H and O–H groups in total. The van der Waals surface area contributed by atoms with Crippen LogP contribution in [0.15, 0.2) is 18.2 Å². The van der Waals surface area contributed by atoms with Gasteiger partial charge in [-0.25, -0.2) is 12.8 Å². The molecule has 0 spiro atoms. The molecule has 7 heteroatoms. The van der Waals surface area contributed by atoms with E-state index in [0.29, 0.717) is 5.69 Å². The third-order valence-corrected chi connectivity index (χ3v) is 2.73. The molecule has 1 amide bonds. The zero-order valence-electron chi connectivity index (χ0n) is 9.23. The molecule has 0 saturated carbocycles. The standard InChI is InChI=1S/C10H13FN2O3S/c1-17(15,16)6-10(14)13-8-2-3-9(11)7(4-8)5-12/h2-4H,5-6,12H2,1H3,(H,13,14). The fraction of sp³-hybridized carbons (Fsp3) is 0.300. The van der Waals surface area contributed by atoms with Crippen molar-refractivity contribution in [3.63, 3.8) is 0 Å². The topological polar surface area (TPSA) is 89.3 Å². The van der Waals surface area contributed by atoms with Gasteiger partial charge in [-0.1, -0.05) is 0 Å². The van der Waals surface area contributed by atoms with Crippen LogP contribution >= 0.6 is 0 Å². The van der Waals surface area contributed by atoms with Crippen LogP contribution in [0, 0.1) is 5.82 Å². The second-order valence-electron chi connectivity index (χ2n) is 3.63. The summed E-state index contributed by atoms with van der Waals surface area (Å²) in [5.74, 6) is -1.74. The molecule has 0 unspecified atom stereocenters. The molecule has 0 heterocycles. The van der Waals surface area contributed by atoms with Gasteiger partial charge >= 0.3 is 0 Å². The Morgan fingerprint density at radius 3 is 2.65 bits per heavy atom. The maximum absolute atomic E-state index is 13.1. The molecular weight excluding hydrogens is 247 g/mol. The highest BCUT2D eigenvalue weighted by atomic mass is 32.2. The molecular formula is C10H13FN2O3S. The van der Waals surface area contributed by atoms with Crippen LogP contribution in [0.1, 0.15) is 5.56 Å². The predicted molar refractivity (Wildman–Crippen MR) is 62.6 cm³/mol. The van der Waals surface area contributed by atoms with Gasteiger partial charge in [0, 0.05) is 24.1 Å². The largest absolute Gasteiger partial charge is 0.326 e. The van der Waals surface area contributed by atoms with Crippen molar-refractivity contribution in [3.8, 4) is 0 Å². The Kier molecular flexibility index (Phi) is 4.19. The summed E-state index contributed by atoms with van der Waals surface area (Å²) in [7, 11) is -3.38. The average molecular weight is 260 g/mol. The Morgan fingerprint density at radius 2 is 2.12 bits per heavy atom. The lowest BCUT2D eigenvalue weighted by atomic mass is 10.2. The number of nitrogens with one attached hydrogen (secondary N) is 1. The first kappa shape index (κ1) is 13.6. The van der Waals surface area contributed by atoms with Crippen molar-refractivity contribution in [1.29, 1.82) is 0 Å². The molecule has 17 heavy (non-hydrogen) atoms. The Morgan fingerprint density at radius 1 is 1.47 bits per heavy atom. The van der Waals surface area contributed by atoms with E-state index in [4.69, 9.17) is 5.73 Å². The number of hydrogen-bond acceptors (Lipinski definition) is 4. The summed E-state index contributed by atoms with van der Waals surface area (Å²) in [6, 6.07) is 3.88. The molecule has 0 radical (unpaired) electrons. The second kappa shape index (κ2) is 5.24. The summed E-state index contributed by atoms with van der Waals surface area (Å²) in [5.41, 5.74) is 5.88. The number of amides is 1. The van der Waals surface area contributed by atoms with Gasteiger partial charge in [-0.2, -0.15) is 0 Å². The van der Waals surface area contributed by atoms with Gasteiger partial charge in [0.15, 0.2) is 9.84 Å². The first-order valence-corrected chi connectivity index (χ1v) is 6.84. The predicted octanol–water partition coefficient (Wildman–Crippen LogP) is 0.267. The monoisotopic (exact) mass is 260 g/mol. The Labute approximate surface area is 98.7 Å². The van der Waals surface area contributed by atoms with Crippen LogP contribution in [-0.2, 0) is 21.2 Å². The number of anilines is 1. The van der Waals surface area contributed by atoms with Crippen LogP contribution in [0.5, 0.6) is 0 Å². The minimum atomic E-state index is -3.38. The number of nitrogens with two attached hydrogens (primary N) is 1. The van der Waals surface area contributed by atoms with E-state index < -0.39 is 27.3 Å². The summed E-state index contributed by atoms with van der Waals surface area (Å²) in [6.07, 6.45) is 0.961. The number of carbonyl (C=O) groups excluding carboxylic acids is 1. The van der Waals surface area contributed by atoms with Gasteiger partial charge < -0.3 is 11.1 Å². The fourth-order valence-corrected chi connectivity index (χ4v) is 1.79. The number of sulfone groups is 1. The third kappa shape index (κ3) is 4.49. The molecule has 0 aliphatic carbocycles. The van der Waals surface area contributed by atoms with Crippen molar-refractivity contribution in [2.24, 2.45) is 5.73 Å². The van der Waals surface area contributed by atoms with Gasteiger partial charge in [-0.3, -0.25) is 4.79 Å². The smallest absolute Gasteiger partial charge is 0.239 e. The van der Waals surface area contributed by atoms with Gasteiger partial charge in [0.25, 0.3) is 0 Å². The highest BCUT2D eigenvalue weighted by Crippen LogP contribution is 2.14. The number of carbonyl (C=O) groups is 1. The van der Waals surface area contributed by atoms with Gasteiger partial charge in [0.1, 0.15) is 11.6 Å². The lowest BCUT2D eigenvalue weighted by molar-refractivity contribution is -0.113. The van der Waals surface area contributed by atoms with Crippen LogP contribution in [0.2, 0.25) is 0 Å². The van der Waals surface area contributed by atoms with Crippen molar-refractivity contribution < 1.29 is 17.6 Å². The van der Waals surface area contributed by atoms with Crippen LogP contribution in [0.4, 0.5) is 10.1 Å². The maximum Gasteiger partial charge on any atom is 0.239 e. The Bertz CT molecular complexity index is 528. The quantitative estimate of drug-likeness (QED) is 0.813. The van der Waals surface area contributed by atoms with Gasteiger partial charge in [-0.15, -0.1) is 0 Å². The zero-order valence-corrected chi connectivity index (χ0v) is 10.1. The van der Waals surface area contributed by atoms with E-state index in [0.717, 1.165) is 12.3 Å². The molecule has 5 nitrogen and oxygen atoms in total. The van der Waals surface area contributed by atoms with E-state index in [1.165, 1.54) is 12.1 Å². The van der Waals surface area contributed by atoms with E-state index in [2.05, 4.69) is 5.32 Å². The van der Waals surface area contributed by atoms with E-state index in [1.807, 2.05) is 0 Å². The van der Waals surface area contributed by atoms with Gasteiger partial charge in [0.05, 0.1) is 0 Å². The molecule has 0 aliphatic rings. The number of hydrogen-bond donors (Lipinski definition) is 2. The highest BCUT2D eigenvalue weighted by Gasteiger charge is 2.11. The number of halogens is 1. The van der Waals surface area contributed by atoms with E-state index >= 15 is 0 Å². The summed E-state index contributed by atoms with van der Waals surface area (Å²) < 4.78 is 34.8. The highest BCUT2D eigenvalue weighted by molar-refractivity contribution is 7.91. The SMILES string of the molecule is CS(=O)(=O)CC(=O)Nc1ccc(F)c(CN)c1. The van der Waals surface area contributed by atoms with Crippen molar-refractivity contribution in [2.45, 2.75) is 6.54 Å². The molecule has 0 fully saturated rings. The molecule has 0 bridgehead atoms. The number of rotatable bonds is 4. The molecule has 1 rings (SSSR count). The Hall–Kier alpha value is -1.47. The normalized spacial score (nSPS) is 11.2. The van der Waals surface area contributed by atoms with Crippen molar-refractivity contribution in [1.82, 2.24) is 0 Å². The first-order valence-electron chi connectivity index (χ1n) is 4.78. The minimum Gasteiger partial charge on any atom is -0.326 e. The first-order chi connectivity index (χ1) is 7.81. The number of benzene rings is 1. The van der Waals surface area contributed by atoms with E-state index in [9.17, 15) is 17.6 Å². The molecule has 0 aromatic heterocycles. The minimum absolute atomic E-state index is 0.00161. The fourth-order valence-electron chi connectivity index (χ4n) is 1.24. The Balaban J connectivity index is 2.79. The maximum atomic E-state index is 13.1. The van der Waals surface area contributed by atoms with Gasteiger partial charge in [0.2, 0.25) is 5.91 Å². The van der Waals surface area contributed by atoms with E-state index in [-0.39, 0.29) is 12.1 Å². The van der Waals surface area contributed by atoms with Crippen LogP contribution < -0.4 is 11.1 Å². The van der Waals surface area contributed by atoms with Crippen LogP contribution in [-0.4, -0.2) is 26.3 Å². The van der Waals surface area contributed by atoms with Gasteiger partial charge in [-0.05, 0) is 18.2 Å². The lowest BCUT2D eigenvalue weighted by Crippen LogP contribution is -2.22. The summed E-state index contributed by atoms with van der Waals surface area (Å²) >= 11 is 0. The van der Waals surface area contributed by atoms with Crippen LogP contribution in [0.3, 0.4) is 0 Å². The molecule has 0 saturated heterocycles. The van der Waals surface area contributed by atoms with E-state index in [1.54, 1.807) is 0 Å². The molecule has 1 aromatic carbocycles. The van der Waals surface area contributed by atoms with Crippen LogP contribution in [0.25, 0.3) is 0 Å². The lowest BCUT2D eigenvalue weighted by Gasteiger charge is -2.06. The molecule has 94 valence electrons. The molecule has 0 aliphatic heterocycles. The second-order valence-corrected chi connectivity index (χ2v) is 5.77. The third-order valence-electron chi connectivity index (χ3n) is 1.94. The van der Waals surface area contributed by atoms with Crippen molar-refractivity contribution in [3.05, 3.63) is 29.6 Å². The van der Waals surface area contributed by atoms with Crippen molar-refractivity contribution >= 4 is 21.4 Å². The summed E-state index contributed by atoms with van der Waals surface area (Å²) in [5, 5.41) is 2.36. The molecule has 1 aromatic rings. The zero-order chi connectivity index (χ0) is 13.1. The summed E-state index contributed by atoms with van der Waals surface area (Å²) in [4.78, 5) is 11.3. The average Bonchev–Trinajstić information content (AvgIpc) is 2.18. The van der Waals surface area contributed by atoms with Crippen molar-refractivity contribution in [2.75, 3.05) is 17.3 Å².